The molecule has 1 fully saturated rings. The highest BCUT2D eigenvalue weighted by atomic mass is 16.7. The van der Waals surface area contributed by atoms with Crippen LogP contribution in [0.25, 0.3) is 0 Å². The van der Waals surface area contributed by atoms with Gasteiger partial charge in [-0.3, -0.25) is 9.52 Å². The Balaban J connectivity index is 1.62. The number of carbonyl (C=O) groups excluding carboxylic acids is 1. The van der Waals surface area contributed by atoms with Crippen LogP contribution in [0.4, 0.5) is 4.79 Å². The maximum atomic E-state index is 12.6. The molecule has 1 aromatic heterocycles. The number of urea groups is 1. The molecular formula is C16H18N4O3. The van der Waals surface area contributed by atoms with Crippen LogP contribution in [0.15, 0.2) is 36.5 Å². The molecule has 1 saturated heterocycles. The average Bonchev–Trinajstić information content (AvgIpc) is 3.09. The second-order valence-electron chi connectivity index (χ2n) is 5.84. The zero-order valence-electron chi connectivity index (χ0n) is 12.8. The molecule has 0 saturated carbocycles. The molecule has 120 valence electrons. The van der Waals surface area contributed by atoms with E-state index in [1.54, 1.807) is 15.8 Å². The minimum Gasteiger partial charge on any atom is -0.394 e. The highest BCUT2D eigenvalue weighted by Crippen LogP contribution is 2.43. The van der Waals surface area contributed by atoms with Crippen LogP contribution in [0, 0.1) is 0 Å². The molecule has 1 aromatic carbocycles. The Morgan fingerprint density at radius 2 is 2.13 bits per heavy atom. The number of benzene rings is 1. The number of hydroxylamine groups is 2. The van der Waals surface area contributed by atoms with Gasteiger partial charge in [0.05, 0.1) is 31.1 Å². The highest BCUT2D eigenvalue weighted by Gasteiger charge is 2.50. The summed E-state index contributed by atoms with van der Waals surface area (Å²) >= 11 is 0. The van der Waals surface area contributed by atoms with Crippen molar-refractivity contribution in [1.29, 1.82) is 0 Å². The number of fused-ring (bicyclic) bond motifs is 4. The second-order valence-corrected chi connectivity index (χ2v) is 5.84. The summed E-state index contributed by atoms with van der Waals surface area (Å²) in [5, 5.41) is 15.4. The van der Waals surface area contributed by atoms with Gasteiger partial charge in [0.1, 0.15) is 12.6 Å². The Bertz CT molecular complexity index is 730. The fourth-order valence-electron chi connectivity index (χ4n) is 3.41. The van der Waals surface area contributed by atoms with Gasteiger partial charge in [-0.2, -0.15) is 10.2 Å². The molecule has 2 aliphatic rings. The lowest BCUT2D eigenvalue weighted by atomic mass is 9.98. The van der Waals surface area contributed by atoms with Gasteiger partial charge in [-0.05, 0) is 5.56 Å². The predicted octanol–water partition coefficient (Wildman–Crippen LogP) is 1.38. The third-order valence-electron chi connectivity index (χ3n) is 4.54. The lowest BCUT2D eigenvalue weighted by molar-refractivity contribution is -0.141. The average molecular weight is 314 g/mol. The summed E-state index contributed by atoms with van der Waals surface area (Å²) in [6.45, 7) is 0.714. The van der Waals surface area contributed by atoms with Crippen LogP contribution in [-0.2, 0) is 18.5 Å². The van der Waals surface area contributed by atoms with Crippen molar-refractivity contribution in [1.82, 2.24) is 19.7 Å². The topological polar surface area (TPSA) is 70.8 Å². The van der Waals surface area contributed by atoms with Crippen LogP contribution in [0.3, 0.4) is 0 Å². The van der Waals surface area contributed by atoms with Crippen molar-refractivity contribution in [3.8, 4) is 0 Å². The van der Waals surface area contributed by atoms with Gasteiger partial charge in [0.15, 0.2) is 0 Å². The van der Waals surface area contributed by atoms with E-state index in [-0.39, 0.29) is 24.7 Å². The maximum absolute atomic E-state index is 12.6. The van der Waals surface area contributed by atoms with Crippen molar-refractivity contribution in [3.63, 3.8) is 0 Å². The smallest absolute Gasteiger partial charge is 0.345 e. The summed E-state index contributed by atoms with van der Waals surface area (Å²) in [6.07, 6.45) is 1.76. The van der Waals surface area contributed by atoms with Crippen LogP contribution in [0.2, 0.25) is 0 Å². The van der Waals surface area contributed by atoms with E-state index in [0.717, 1.165) is 16.8 Å². The Morgan fingerprint density at radius 3 is 2.87 bits per heavy atom. The van der Waals surface area contributed by atoms with Crippen molar-refractivity contribution in [2.45, 2.75) is 18.7 Å². The molecule has 0 radical (unpaired) electrons. The fraction of sp³-hybridized carbons (Fsp3) is 0.375. The number of aromatic nitrogens is 2. The molecule has 2 bridgehead atoms. The Kier molecular flexibility index (Phi) is 3.32. The van der Waals surface area contributed by atoms with Gasteiger partial charge in [-0.1, -0.05) is 30.3 Å². The minimum atomic E-state index is -0.369. The molecule has 0 spiro atoms. The minimum absolute atomic E-state index is 0.127. The standard InChI is InChI=1S/C16H18N4O3/c1-18-15-12(7-17-18)13-8-19(14(15)9-21)16(22)20(13)23-10-11-5-3-2-4-6-11/h2-7,13-14,21H,8-10H2,1H3. The second kappa shape index (κ2) is 5.36. The van der Waals surface area contributed by atoms with Crippen molar-refractivity contribution in [2.75, 3.05) is 13.2 Å². The molecule has 0 aliphatic carbocycles. The van der Waals surface area contributed by atoms with Crippen LogP contribution >= 0.6 is 0 Å². The summed E-state index contributed by atoms with van der Waals surface area (Å²) < 4.78 is 1.73. The molecule has 3 heterocycles. The molecule has 7 heteroatoms. The number of rotatable bonds is 4. The first kappa shape index (κ1) is 14.2. The largest absolute Gasteiger partial charge is 0.394 e. The lowest BCUT2D eigenvalue weighted by Gasteiger charge is -2.29. The molecule has 2 amide bonds. The molecule has 2 unspecified atom stereocenters. The first-order valence-corrected chi connectivity index (χ1v) is 7.60. The van der Waals surface area contributed by atoms with E-state index in [2.05, 4.69) is 5.10 Å². The number of aryl methyl sites for hydroxylation is 1. The molecule has 1 N–H and O–H groups in total. The van der Waals surface area contributed by atoms with Gasteiger partial charge in [0.25, 0.3) is 0 Å². The SMILES string of the molecule is Cn1ncc2c1C(CO)N1CC2N(OCc2ccccc2)C1=O. The molecule has 2 aromatic rings. The number of carbonyl (C=O) groups is 1. The molecule has 2 atom stereocenters. The highest BCUT2D eigenvalue weighted by molar-refractivity contribution is 5.78. The number of amides is 2. The monoisotopic (exact) mass is 314 g/mol. The summed E-state index contributed by atoms with van der Waals surface area (Å²) in [6, 6.07) is 8.97. The predicted molar refractivity (Wildman–Crippen MR) is 80.9 cm³/mol. The van der Waals surface area contributed by atoms with Crippen molar-refractivity contribution in [2.24, 2.45) is 7.05 Å². The lowest BCUT2D eigenvalue weighted by Crippen LogP contribution is -2.37. The Hall–Kier alpha value is -2.38. The molecule has 2 aliphatic heterocycles. The quantitative estimate of drug-likeness (QED) is 0.925. The van der Waals surface area contributed by atoms with Crippen molar-refractivity contribution < 1.29 is 14.7 Å². The first-order valence-electron chi connectivity index (χ1n) is 7.60. The van der Waals surface area contributed by atoms with Crippen molar-refractivity contribution >= 4 is 6.03 Å². The summed E-state index contributed by atoms with van der Waals surface area (Å²) in [7, 11) is 1.83. The van der Waals surface area contributed by atoms with E-state index < -0.39 is 0 Å². The van der Waals surface area contributed by atoms with Gasteiger partial charge in [-0.15, -0.1) is 0 Å². The molecule has 23 heavy (non-hydrogen) atoms. The van der Waals surface area contributed by atoms with Gasteiger partial charge >= 0.3 is 6.03 Å². The van der Waals surface area contributed by atoms with Gasteiger partial charge in [0.2, 0.25) is 0 Å². The summed E-state index contributed by atoms with van der Waals surface area (Å²) in [5.74, 6) is 0. The normalized spacial score (nSPS) is 22.6. The number of hydrogen-bond acceptors (Lipinski definition) is 4. The number of hydrogen-bond donors (Lipinski definition) is 1. The van der Waals surface area contributed by atoms with Gasteiger partial charge in [-0.25, -0.2) is 4.79 Å². The summed E-state index contributed by atoms with van der Waals surface area (Å²) in [4.78, 5) is 20.1. The van der Waals surface area contributed by atoms with E-state index >= 15 is 0 Å². The van der Waals surface area contributed by atoms with Gasteiger partial charge < -0.3 is 10.0 Å². The van der Waals surface area contributed by atoms with E-state index in [0.29, 0.717) is 13.2 Å². The van der Waals surface area contributed by atoms with Crippen molar-refractivity contribution in [3.05, 3.63) is 53.3 Å². The van der Waals surface area contributed by atoms with E-state index in [4.69, 9.17) is 4.84 Å². The van der Waals surface area contributed by atoms with E-state index in [9.17, 15) is 9.90 Å². The maximum Gasteiger partial charge on any atom is 0.345 e. The van der Waals surface area contributed by atoms with Crippen LogP contribution < -0.4 is 0 Å². The molecular weight excluding hydrogens is 296 g/mol. The van der Waals surface area contributed by atoms with Gasteiger partial charge in [0, 0.05) is 12.6 Å². The molecule has 7 nitrogen and oxygen atoms in total. The molecule has 4 rings (SSSR count). The third-order valence-corrected chi connectivity index (χ3v) is 4.54. The first-order chi connectivity index (χ1) is 11.2. The van der Waals surface area contributed by atoms with Crippen LogP contribution in [-0.4, -0.2) is 44.0 Å². The number of aliphatic hydroxyl groups excluding tert-OH is 1. The van der Waals surface area contributed by atoms with E-state index in [1.165, 1.54) is 5.06 Å². The number of aliphatic hydroxyl groups is 1. The Morgan fingerprint density at radius 1 is 1.35 bits per heavy atom. The van der Waals surface area contributed by atoms with Crippen LogP contribution in [0.1, 0.15) is 28.9 Å². The zero-order chi connectivity index (χ0) is 16.0. The van der Waals surface area contributed by atoms with Crippen LogP contribution in [0.5, 0.6) is 0 Å². The number of nitrogens with zero attached hydrogens (tertiary/aromatic N) is 4. The van der Waals surface area contributed by atoms with E-state index in [1.807, 2.05) is 37.4 Å². The zero-order valence-corrected chi connectivity index (χ0v) is 12.8. The summed E-state index contributed by atoms with van der Waals surface area (Å²) in [5.41, 5.74) is 2.83. The fourth-order valence-corrected chi connectivity index (χ4v) is 3.41. The Labute approximate surface area is 133 Å². The third kappa shape index (κ3) is 2.12.